The summed E-state index contributed by atoms with van der Waals surface area (Å²) < 4.78 is 23.6. The van der Waals surface area contributed by atoms with Crippen LogP contribution in [0.5, 0.6) is 5.75 Å². The van der Waals surface area contributed by atoms with Crippen molar-refractivity contribution in [1.82, 2.24) is 24.2 Å². The summed E-state index contributed by atoms with van der Waals surface area (Å²) >= 11 is 0. The zero-order valence-electron chi connectivity index (χ0n) is 16.9. The van der Waals surface area contributed by atoms with Crippen LogP contribution < -0.4 is 4.74 Å². The highest BCUT2D eigenvalue weighted by atomic mass is 19.1. The standard InChI is InChI=1S/C21H21FN6O3/c1-26-13-24-11-19(26)14-2-3-20(17(22)8-14)31-12-15-10-25-28(18(15)9-23)16-4-6-27(7-5-16)21(29)30/h2-3,8,10-11,13,16H,4-7,12H2,1H3,(H,29,30). The van der Waals surface area contributed by atoms with Gasteiger partial charge in [0.05, 0.1) is 30.5 Å². The van der Waals surface area contributed by atoms with E-state index in [0.29, 0.717) is 42.8 Å². The molecule has 0 atom stereocenters. The summed E-state index contributed by atoms with van der Waals surface area (Å²) in [5.74, 6) is -0.428. The molecule has 0 aliphatic carbocycles. The fraction of sp³-hybridized carbons (Fsp3) is 0.333. The summed E-state index contributed by atoms with van der Waals surface area (Å²) in [5, 5.41) is 23.0. The molecule has 1 N–H and O–H groups in total. The number of amides is 1. The van der Waals surface area contributed by atoms with E-state index in [1.54, 1.807) is 40.1 Å². The fourth-order valence-corrected chi connectivity index (χ4v) is 3.77. The lowest BCUT2D eigenvalue weighted by atomic mass is 10.1. The molecule has 9 nitrogen and oxygen atoms in total. The van der Waals surface area contributed by atoms with Crippen molar-refractivity contribution >= 4 is 6.09 Å². The molecule has 3 heterocycles. The Balaban J connectivity index is 1.45. The van der Waals surface area contributed by atoms with Crippen molar-refractivity contribution in [1.29, 1.82) is 5.26 Å². The van der Waals surface area contributed by atoms with Crippen molar-refractivity contribution in [2.45, 2.75) is 25.5 Å². The Kier molecular flexibility index (Phi) is 5.58. The van der Waals surface area contributed by atoms with Gasteiger partial charge in [0.1, 0.15) is 18.4 Å². The van der Waals surface area contributed by atoms with Gasteiger partial charge in [-0.15, -0.1) is 0 Å². The molecule has 0 spiro atoms. The monoisotopic (exact) mass is 424 g/mol. The van der Waals surface area contributed by atoms with Crippen molar-refractivity contribution in [3.63, 3.8) is 0 Å². The summed E-state index contributed by atoms with van der Waals surface area (Å²) in [4.78, 5) is 16.5. The first kappa shape index (κ1) is 20.4. The van der Waals surface area contributed by atoms with Crippen molar-refractivity contribution in [3.8, 4) is 23.1 Å². The molecule has 1 amide bonds. The number of nitriles is 1. The minimum atomic E-state index is -0.940. The first-order valence-electron chi connectivity index (χ1n) is 9.81. The van der Waals surface area contributed by atoms with Gasteiger partial charge in [-0.05, 0) is 31.0 Å². The molecule has 0 bridgehead atoms. The maximum atomic E-state index is 14.6. The smallest absolute Gasteiger partial charge is 0.407 e. The van der Waals surface area contributed by atoms with Crippen molar-refractivity contribution < 1.29 is 19.0 Å². The lowest BCUT2D eigenvalue weighted by Crippen LogP contribution is -2.38. The van der Waals surface area contributed by atoms with Crippen LogP contribution in [0.4, 0.5) is 9.18 Å². The number of hydrogen-bond acceptors (Lipinski definition) is 5. The maximum absolute atomic E-state index is 14.6. The van der Waals surface area contributed by atoms with Gasteiger partial charge in [0, 0.05) is 31.3 Å². The van der Waals surface area contributed by atoms with E-state index in [1.165, 1.54) is 11.0 Å². The SMILES string of the molecule is Cn1cncc1-c1ccc(OCc2cnn(C3CCN(C(=O)O)CC3)c2C#N)c(F)c1. The third-order valence-electron chi connectivity index (χ3n) is 5.49. The molecule has 0 unspecified atom stereocenters. The average Bonchev–Trinajstić information content (AvgIpc) is 3.38. The predicted molar refractivity (Wildman–Crippen MR) is 108 cm³/mol. The zero-order chi connectivity index (χ0) is 22.0. The molecule has 160 valence electrons. The van der Waals surface area contributed by atoms with E-state index >= 15 is 0 Å². The number of nitrogens with zero attached hydrogens (tertiary/aromatic N) is 6. The number of hydrogen-bond donors (Lipinski definition) is 1. The molecule has 0 saturated carbocycles. The van der Waals surface area contributed by atoms with E-state index in [9.17, 15) is 14.4 Å². The lowest BCUT2D eigenvalue weighted by Gasteiger charge is -2.30. The molecule has 1 aromatic carbocycles. The van der Waals surface area contributed by atoms with Crippen LogP contribution in [0.15, 0.2) is 36.9 Å². The van der Waals surface area contributed by atoms with Gasteiger partial charge in [-0.2, -0.15) is 10.4 Å². The first-order valence-corrected chi connectivity index (χ1v) is 9.81. The van der Waals surface area contributed by atoms with Crippen LogP contribution in [0, 0.1) is 17.1 Å². The summed E-state index contributed by atoms with van der Waals surface area (Å²) in [6, 6.07) is 6.77. The number of carboxylic acid groups (broad SMARTS) is 1. The largest absolute Gasteiger partial charge is 0.486 e. The second-order valence-electron chi connectivity index (χ2n) is 7.40. The number of aryl methyl sites for hydroxylation is 1. The van der Waals surface area contributed by atoms with E-state index < -0.39 is 11.9 Å². The minimum Gasteiger partial charge on any atom is -0.486 e. The number of likely N-dealkylation sites (tertiary alicyclic amines) is 1. The molecular weight excluding hydrogens is 403 g/mol. The summed E-state index contributed by atoms with van der Waals surface area (Å²) in [6.07, 6.45) is 5.06. The quantitative estimate of drug-likeness (QED) is 0.674. The Labute approximate surface area is 177 Å². The number of benzene rings is 1. The molecule has 1 aliphatic rings. The van der Waals surface area contributed by atoms with Gasteiger partial charge in [0.15, 0.2) is 11.6 Å². The van der Waals surface area contributed by atoms with Gasteiger partial charge in [-0.1, -0.05) is 0 Å². The Morgan fingerprint density at radius 1 is 1.35 bits per heavy atom. The third kappa shape index (κ3) is 4.07. The Bertz CT molecular complexity index is 1140. The Hall–Kier alpha value is -3.87. The van der Waals surface area contributed by atoms with Gasteiger partial charge < -0.3 is 19.3 Å². The molecule has 4 rings (SSSR count). The molecule has 10 heteroatoms. The van der Waals surface area contributed by atoms with Crippen LogP contribution in [0.2, 0.25) is 0 Å². The number of halogens is 1. The molecule has 2 aromatic heterocycles. The van der Waals surface area contributed by atoms with Crippen molar-refractivity contribution in [2.75, 3.05) is 13.1 Å². The number of rotatable bonds is 5. The highest BCUT2D eigenvalue weighted by molar-refractivity contribution is 5.65. The summed E-state index contributed by atoms with van der Waals surface area (Å²) in [5.41, 5.74) is 2.37. The van der Waals surface area contributed by atoms with Gasteiger partial charge in [0.2, 0.25) is 0 Å². The highest BCUT2D eigenvalue weighted by Gasteiger charge is 2.26. The summed E-state index contributed by atoms with van der Waals surface area (Å²) in [7, 11) is 1.83. The Morgan fingerprint density at radius 3 is 2.74 bits per heavy atom. The molecule has 1 aliphatic heterocycles. The average molecular weight is 424 g/mol. The number of carbonyl (C=O) groups is 1. The zero-order valence-corrected chi connectivity index (χ0v) is 16.9. The Morgan fingerprint density at radius 2 is 2.13 bits per heavy atom. The third-order valence-corrected chi connectivity index (χ3v) is 5.49. The minimum absolute atomic E-state index is 0.00115. The van der Waals surface area contributed by atoms with Gasteiger partial charge in [-0.3, -0.25) is 4.68 Å². The second-order valence-corrected chi connectivity index (χ2v) is 7.40. The van der Waals surface area contributed by atoms with Crippen LogP contribution >= 0.6 is 0 Å². The van der Waals surface area contributed by atoms with Gasteiger partial charge in [-0.25, -0.2) is 14.2 Å². The van der Waals surface area contributed by atoms with E-state index in [1.807, 2.05) is 7.05 Å². The molecule has 3 aromatic rings. The van der Waals surface area contributed by atoms with E-state index in [2.05, 4.69) is 16.2 Å². The number of ether oxygens (including phenoxy) is 1. The number of aromatic nitrogens is 4. The van der Waals surface area contributed by atoms with Crippen molar-refractivity contribution in [2.24, 2.45) is 7.05 Å². The van der Waals surface area contributed by atoms with Crippen LogP contribution in [0.3, 0.4) is 0 Å². The topological polar surface area (TPSA) is 109 Å². The lowest BCUT2D eigenvalue weighted by molar-refractivity contribution is 0.123. The molecule has 1 fully saturated rings. The van der Waals surface area contributed by atoms with Gasteiger partial charge in [0.25, 0.3) is 0 Å². The molecule has 1 saturated heterocycles. The van der Waals surface area contributed by atoms with E-state index in [0.717, 1.165) is 5.69 Å². The van der Waals surface area contributed by atoms with Crippen LogP contribution in [-0.4, -0.2) is 48.5 Å². The molecular formula is C21H21FN6O3. The number of piperidine rings is 1. The van der Waals surface area contributed by atoms with Gasteiger partial charge >= 0.3 is 6.09 Å². The first-order chi connectivity index (χ1) is 15.0. The summed E-state index contributed by atoms with van der Waals surface area (Å²) in [6.45, 7) is 0.786. The molecule has 31 heavy (non-hydrogen) atoms. The highest BCUT2D eigenvalue weighted by Crippen LogP contribution is 2.28. The van der Waals surface area contributed by atoms with Crippen LogP contribution in [0.1, 0.15) is 30.1 Å². The predicted octanol–water partition coefficient (Wildman–Crippen LogP) is 3.19. The second kappa shape index (κ2) is 8.47. The van der Waals surface area contributed by atoms with Crippen LogP contribution in [-0.2, 0) is 13.7 Å². The van der Waals surface area contributed by atoms with Crippen LogP contribution in [0.25, 0.3) is 11.3 Å². The fourth-order valence-electron chi connectivity index (χ4n) is 3.77. The van der Waals surface area contributed by atoms with Crippen molar-refractivity contribution in [3.05, 3.63) is 54.0 Å². The number of imidazole rings is 1. The van der Waals surface area contributed by atoms with E-state index in [4.69, 9.17) is 9.84 Å². The van der Waals surface area contributed by atoms with E-state index in [-0.39, 0.29) is 18.4 Å². The maximum Gasteiger partial charge on any atom is 0.407 e. The molecule has 0 radical (unpaired) electrons. The normalized spacial score (nSPS) is 14.4.